The quantitative estimate of drug-likeness (QED) is 0.562. The van der Waals surface area contributed by atoms with Gasteiger partial charge in [0.1, 0.15) is 5.54 Å². The van der Waals surface area contributed by atoms with Crippen molar-refractivity contribution in [1.29, 1.82) is 0 Å². The van der Waals surface area contributed by atoms with Gasteiger partial charge in [0.15, 0.2) is 6.61 Å². The highest BCUT2D eigenvalue weighted by Crippen LogP contribution is 2.35. The van der Waals surface area contributed by atoms with Gasteiger partial charge in [-0.2, -0.15) is 0 Å². The molecule has 0 atom stereocenters. The highest BCUT2D eigenvalue weighted by Gasteiger charge is 2.52. The van der Waals surface area contributed by atoms with E-state index in [-0.39, 0.29) is 18.9 Å². The smallest absolute Gasteiger partial charge is 0.325 e. The lowest BCUT2D eigenvalue weighted by molar-refractivity contribution is -0.147. The number of nitrogens with one attached hydrogen (secondary N) is 2. The third-order valence-electron chi connectivity index (χ3n) is 5.55. The molecule has 0 radical (unpaired) electrons. The summed E-state index contributed by atoms with van der Waals surface area (Å²) >= 11 is 0. The molecule has 1 heterocycles. The van der Waals surface area contributed by atoms with Crippen LogP contribution in [0.3, 0.4) is 0 Å². The van der Waals surface area contributed by atoms with Gasteiger partial charge in [0.25, 0.3) is 11.8 Å². The molecule has 1 spiro atoms. The number of hydrogen-bond acceptors (Lipinski definition) is 5. The molecule has 1 aromatic carbocycles. The second-order valence-corrected chi connectivity index (χ2v) is 7.91. The van der Waals surface area contributed by atoms with Crippen LogP contribution in [-0.2, 0) is 19.1 Å². The van der Waals surface area contributed by atoms with Crippen molar-refractivity contribution in [2.45, 2.75) is 58.4 Å². The van der Waals surface area contributed by atoms with Crippen molar-refractivity contribution in [2.24, 2.45) is 0 Å². The summed E-state index contributed by atoms with van der Waals surface area (Å²) in [6.45, 7) is 5.31. The number of ether oxygens (including phenoxy) is 1. The molecule has 1 saturated heterocycles. The summed E-state index contributed by atoms with van der Waals surface area (Å²) < 4.78 is 5.01. The molecule has 156 valence electrons. The number of carbonyl (C=O) groups excluding carboxylic acids is 4. The van der Waals surface area contributed by atoms with E-state index in [1.165, 1.54) is 0 Å². The molecule has 2 fully saturated rings. The van der Waals surface area contributed by atoms with Crippen LogP contribution in [0.4, 0.5) is 10.5 Å². The van der Waals surface area contributed by atoms with Gasteiger partial charge in [0.2, 0.25) is 0 Å². The van der Waals surface area contributed by atoms with Crippen LogP contribution in [0.1, 0.15) is 48.8 Å². The molecule has 1 aliphatic carbocycles. The predicted octanol–water partition coefficient (Wildman–Crippen LogP) is 2.35. The van der Waals surface area contributed by atoms with Crippen molar-refractivity contribution in [3.63, 3.8) is 0 Å². The number of anilines is 1. The van der Waals surface area contributed by atoms with E-state index < -0.39 is 30.1 Å². The molecule has 8 nitrogen and oxygen atoms in total. The van der Waals surface area contributed by atoms with Crippen LogP contribution in [-0.4, -0.2) is 47.4 Å². The number of imide groups is 1. The molecule has 0 unspecified atom stereocenters. The number of nitrogens with zero attached hydrogens (tertiary/aromatic N) is 1. The molecule has 29 heavy (non-hydrogen) atoms. The minimum atomic E-state index is -0.787. The third-order valence-corrected chi connectivity index (χ3v) is 5.55. The first-order valence-corrected chi connectivity index (χ1v) is 9.89. The Morgan fingerprint density at radius 1 is 1.14 bits per heavy atom. The zero-order valence-electron chi connectivity index (χ0n) is 17.1. The van der Waals surface area contributed by atoms with E-state index in [1.54, 1.807) is 0 Å². The average Bonchev–Trinajstić information content (AvgIpc) is 3.20. The molecule has 2 N–H and O–H groups in total. The van der Waals surface area contributed by atoms with Gasteiger partial charge in [-0.05, 0) is 44.7 Å². The Hall–Kier alpha value is -2.90. The van der Waals surface area contributed by atoms with E-state index in [0.29, 0.717) is 18.5 Å². The van der Waals surface area contributed by atoms with E-state index in [2.05, 4.69) is 10.6 Å². The lowest BCUT2D eigenvalue weighted by atomic mass is 9.98. The number of esters is 1. The molecule has 0 bridgehead atoms. The fraction of sp³-hybridized carbons (Fsp3) is 0.524. The van der Waals surface area contributed by atoms with Gasteiger partial charge < -0.3 is 15.4 Å². The first kappa shape index (κ1) is 20.8. The first-order valence-electron chi connectivity index (χ1n) is 9.89. The van der Waals surface area contributed by atoms with Gasteiger partial charge >= 0.3 is 12.0 Å². The fourth-order valence-electron chi connectivity index (χ4n) is 4.17. The highest BCUT2D eigenvalue weighted by atomic mass is 16.5. The summed E-state index contributed by atoms with van der Waals surface area (Å²) in [4.78, 5) is 49.8. The Balaban J connectivity index is 1.46. The highest BCUT2D eigenvalue weighted by molar-refractivity contribution is 6.07. The van der Waals surface area contributed by atoms with Crippen molar-refractivity contribution >= 4 is 29.5 Å². The number of carbonyl (C=O) groups is 4. The summed E-state index contributed by atoms with van der Waals surface area (Å²) in [5.41, 5.74) is 2.88. The number of urea groups is 1. The molecule has 1 aromatic rings. The molecular formula is C21H27N3O5. The number of aryl methyl sites for hydroxylation is 3. The Morgan fingerprint density at radius 3 is 2.38 bits per heavy atom. The Bertz CT molecular complexity index is 835. The molecule has 2 aliphatic rings. The van der Waals surface area contributed by atoms with Crippen molar-refractivity contribution in [3.05, 3.63) is 28.8 Å². The van der Waals surface area contributed by atoms with Crippen molar-refractivity contribution in [2.75, 3.05) is 18.5 Å². The minimum Gasteiger partial charge on any atom is -0.456 e. The fourth-order valence-corrected chi connectivity index (χ4v) is 4.17. The normalized spacial score (nSPS) is 17.6. The van der Waals surface area contributed by atoms with Crippen LogP contribution in [0.2, 0.25) is 0 Å². The topological polar surface area (TPSA) is 105 Å². The van der Waals surface area contributed by atoms with E-state index in [4.69, 9.17) is 4.74 Å². The Labute approximate surface area is 170 Å². The number of hydrogen-bond donors (Lipinski definition) is 2. The zero-order valence-corrected chi connectivity index (χ0v) is 17.1. The maximum Gasteiger partial charge on any atom is 0.325 e. The van der Waals surface area contributed by atoms with E-state index in [9.17, 15) is 19.2 Å². The molecular weight excluding hydrogens is 374 g/mol. The molecule has 1 aliphatic heterocycles. The van der Waals surface area contributed by atoms with Crippen LogP contribution in [0.25, 0.3) is 0 Å². The predicted molar refractivity (Wildman–Crippen MR) is 106 cm³/mol. The second kappa shape index (κ2) is 8.23. The summed E-state index contributed by atoms with van der Waals surface area (Å²) in [7, 11) is 0. The standard InChI is InChI=1S/C21H27N3O5/c1-13-10-14(2)18(15(3)11-13)22-16(25)12-29-17(26)6-9-24-19(27)21(23-20(24)28)7-4-5-8-21/h10-11H,4-9,12H2,1-3H3,(H,22,25)(H,23,28). The maximum atomic E-state index is 12.5. The van der Waals surface area contributed by atoms with Crippen molar-refractivity contribution in [3.8, 4) is 0 Å². The maximum absolute atomic E-state index is 12.5. The average molecular weight is 401 g/mol. The molecule has 1 saturated carbocycles. The molecule has 0 aromatic heterocycles. The summed E-state index contributed by atoms with van der Waals surface area (Å²) in [6.07, 6.45) is 2.92. The lowest BCUT2D eigenvalue weighted by Gasteiger charge is -2.19. The van der Waals surface area contributed by atoms with Crippen LogP contribution in [0.15, 0.2) is 12.1 Å². The van der Waals surface area contributed by atoms with Gasteiger partial charge in [0.05, 0.1) is 6.42 Å². The van der Waals surface area contributed by atoms with Crippen LogP contribution in [0.5, 0.6) is 0 Å². The van der Waals surface area contributed by atoms with Crippen LogP contribution >= 0.6 is 0 Å². The number of benzene rings is 1. The molecule has 4 amide bonds. The summed E-state index contributed by atoms with van der Waals surface area (Å²) in [5.74, 6) is -1.34. The largest absolute Gasteiger partial charge is 0.456 e. The van der Waals surface area contributed by atoms with E-state index in [0.717, 1.165) is 34.4 Å². The van der Waals surface area contributed by atoms with E-state index in [1.807, 2.05) is 32.9 Å². The number of rotatable bonds is 6. The second-order valence-electron chi connectivity index (χ2n) is 7.91. The van der Waals surface area contributed by atoms with Crippen LogP contribution in [0, 0.1) is 20.8 Å². The van der Waals surface area contributed by atoms with Crippen LogP contribution < -0.4 is 10.6 Å². The molecule has 3 rings (SSSR count). The Morgan fingerprint density at radius 2 is 1.76 bits per heavy atom. The summed E-state index contributed by atoms with van der Waals surface area (Å²) in [6, 6.07) is 3.46. The van der Waals surface area contributed by atoms with Gasteiger partial charge in [-0.25, -0.2) is 4.79 Å². The lowest BCUT2D eigenvalue weighted by Crippen LogP contribution is -2.44. The number of amides is 4. The van der Waals surface area contributed by atoms with Gasteiger partial charge in [0, 0.05) is 12.2 Å². The summed E-state index contributed by atoms with van der Waals surface area (Å²) in [5, 5.41) is 5.53. The first-order chi connectivity index (χ1) is 13.7. The monoisotopic (exact) mass is 401 g/mol. The van der Waals surface area contributed by atoms with Gasteiger partial charge in [-0.1, -0.05) is 30.5 Å². The van der Waals surface area contributed by atoms with Crippen molar-refractivity contribution < 1.29 is 23.9 Å². The minimum absolute atomic E-state index is 0.0525. The molecule has 8 heteroatoms. The third kappa shape index (κ3) is 4.41. The van der Waals surface area contributed by atoms with E-state index >= 15 is 0 Å². The zero-order chi connectivity index (χ0) is 21.2. The van der Waals surface area contributed by atoms with Gasteiger partial charge in [-0.3, -0.25) is 19.3 Å². The van der Waals surface area contributed by atoms with Gasteiger partial charge in [-0.15, -0.1) is 0 Å². The SMILES string of the molecule is Cc1cc(C)c(NC(=O)COC(=O)CCN2C(=O)NC3(CCCC3)C2=O)c(C)c1. The Kier molecular flexibility index (Phi) is 5.91. The van der Waals surface area contributed by atoms with Crippen molar-refractivity contribution in [1.82, 2.24) is 10.2 Å².